The first-order valence-corrected chi connectivity index (χ1v) is 34.3. The standard InChI is InChI=1S/C80H58N8O8S4/c1-49(2)85(50(3)4)59-21-23-64(24-22-59)88(67-29-25-65(26-30-67)86(60-13-5-51(6-14-60)73-37-33-69(97-73)41-55(45-81)77(89)90)61-15-7-52(8-16-61)74-38-34-70(98-74)42-56(46-82)78(91)92)68-31-27-66(28-32-68)87(62-17-9-53(10-18-62)75-39-35-71(99-75)43-57(47-83)79(93)94)63-19-11-54(12-20-63)76-40-36-72(100-76)44-58(48-84)80(95)96/h5-44,49-50H,1-4H3,(H,89,90)(H,91,92)(H,93,94)(H,95,96)/b55-41+,56-42+,57-43+,58-44+. The van der Waals surface area contributed by atoms with Gasteiger partial charge in [-0.05, 0) is 244 Å². The van der Waals surface area contributed by atoms with Crippen LogP contribution in [0.4, 0.5) is 56.9 Å². The highest BCUT2D eigenvalue weighted by molar-refractivity contribution is 7.17. The number of carboxylic acid groups (broad SMARTS) is 4. The number of thiophene rings is 4. The van der Waals surface area contributed by atoms with Crippen molar-refractivity contribution in [1.29, 1.82) is 21.0 Å². The van der Waals surface area contributed by atoms with Gasteiger partial charge in [0.15, 0.2) is 0 Å². The summed E-state index contributed by atoms with van der Waals surface area (Å²) in [6, 6.07) is 79.5. The summed E-state index contributed by atoms with van der Waals surface area (Å²) in [5.74, 6) is -5.20. The SMILES string of the molecule is CC(C)N(c1ccc(N(c2ccc(N(c3ccc(-c4ccc(/C=C(\C#N)C(=O)O)s4)cc3)c3ccc(-c4ccc(/C=C(\C#N)C(=O)O)s4)cc3)cc2)c2ccc(N(c3ccc(-c4ccc(/C=C(\C#N)C(=O)O)s4)cc3)c3ccc(-c4ccc(/C=C(\C#N)C(=O)O)s4)cc3)cc2)cc1)C(C)C. The number of anilines is 10. The highest BCUT2D eigenvalue weighted by atomic mass is 32.1. The minimum Gasteiger partial charge on any atom is -0.477 e. The Labute approximate surface area is 592 Å². The third-order valence-corrected chi connectivity index (χ3v) is 20.3. The fourth-order valence-electron chi connectivity index (χ4n) is 11.4. The Morgan fingerprint density at radius 2 is 0.460 bits per heavy atom. The van der Waals surface area contributed by atoms with Crippen LogP contribution in [0.25, 0.3) is 66.1 Å². The van der Waals surface area contributed by atoms with E-state index in [0.29, 0.717) is 19.5 Å². The van der Waals surface area contributed by atoms with Gasteiger partial charge in [0.05, 0.1) is 0 Å². The van der Waals surface area contributed by atoms with Gasteiger partial charge in [0.2, 0.25) is 0 Å². The maximum Gasteiger partial charge on any atom is 0.346 e. The molecule has 100 heavy (non-hydrogen) atoms. The van der Waals surface area contributed by atoms with E-state index in [2.05, 4.69) is 120 Å². The lowest BCUT2D eigenvalue weighted by Gasteiger charge is -2.34. The maximum atomic E-state index is 11.7. The van der Waals surface area contributed by atoms with E-state index < -0.39 is 23.9 Å². The van der Waals surface area contributed by atoms with Gasteiger partial charge < -0.3 is 40.0 Å². The highest BCUT2D eigenvalue weighted by Gasteiger charge is 2.22. The lowest BCUT2D eigenvalue weighted by atomic mass is 10.1. The van der Waals surface area contributed by atoms with Crippen LogP contribution in [0.5, 0.6) is 0 Å². The normalized spacial score (nSPS) is 11.7. The minimum atomic E-state index is -1.30. The molecule has 0 unspecified atom stereocenters. The van der Waals surface area contributed by atoms with E-state index >= 15 is 0 Å². The Balaban J connectivity index is 0.980. The van der Waals surface area contributed by atoms with Crippen molar-refractivity contribution in [2.75, 3.05) is 19.6 Å². The number of hydrogen-bond acceptors (Lipinski definition) is 16. The summed E-state index contributed by atoms with van der Waals surface area (Å²) in [6.07, 6.45) is 5.45. The van der Waals surface area contributed by atoms with Gasteiger partial charge in [0.1, 0.15) is 46.6 Å². The molecule has 7 aromatic carbocycles. The van der Waals surface area contributed by atoms with Crippen LogP contribution in [0.1, 0.15) is 47.2 Å². The molecular weight excluding hydrogens is 1330 g/mol. The Bertz CT molecular complexity index is 4640. The van der Waals surface area contributed by atoms with Crippen LogP contribution in [0, 0.1) is 45.3 Å². The summed E-state index contributed by atoms with van der Waals surface area (Å²) in [6.45, 7) is 8.72. The molecule has 0 fully saturated rings. The van der Waals surface area contributed by atoms with Crippen LogP contribution in [0.2, 0.25) is 0 Å². The summed E-state index contributed by atoms with van der Waals surface area (Å²) < 4.78 is 0. The van der Waals surface area contributed by atoms with Crippen LogP contribution in [0.15, 0.2) is 241 Å². The zero-order valence-corrected chi connectivity index (χ0v) is 57.1. The van der Waals surface area contributed by atoms with Crippen molar-refractivity contribution in [2.24, 2.45) is 0 Å². The van der Waals surface area contributed by atoms with Gasteiger partial charge in [-0.3, -0.25) is 0 Å². The first-order valence-electron chi connectivity index (χ1n) is 31.0. The topological polar surface area (TPSA) is 257 Å². The van der Waals surface area contributed by atoms with E-state index in [0.717, 1.165) is 98.6 Å². The molecule has 4 N–H and O–H groups in total. The molecule has 11 rings (SSSR count). The molecule has 20 heteroatoms. The molecule has 4 heterocycles. The zero-order chi connectivity index (χ0) is 70.7. The van der Waals surface area contributed by atoms with E-state index in [1.54, 1.807) is 48.5 Å². The Hall–Kier alpha value is -12.7. The Morgan fingerprint density at radius 3 is 0.620 bits per heavy atom. The smallest absolute Gasteiger partial charge is 0.346 e. The number of rotatable bonds is 24. The van der Waals surface area contributed by atoms with Crippen molar-refractivity contribution in [2.45, 2.75) is 39.8 Å². The molecule has 0 aliphatic heterocycles. The van der Waals surface area contributed by atoms with Gasteiger partial charge in [-0.25, -0.2) is 19.2 Å². The first-order chi connectivity index (χ1) is 48.3. The van der Waals surface area contributed by atoms with Gasteiger partial charge in [0.25, 0.3) is 0 Å². The lowest BCUT2D eigenvalue weighted by molar-refractivity contribution is -0.133. The molecule has 0 saturated heterocycles. The fourth-order valence-corrected chi connectivity index (χ4v) is 15.2. The van der Waals surface area contributed by atoms with Crippen molar-refractivity contribution in [3.8, 4) is 66.0 Å². The molecule has 0 saturated carbocycles. The third kappa shape index (κ3) is 15.6. The average molecular weight is 1390 g/mol. The second kappa shape index (κ2) is 30.6. The van der Waals surface area contributed by atoms with E-state index in [1.807, 2.05) is 121 Å². The minimum absolute atomic E-state index is 0.239. The van der Waals surface area contributed by atoms with Crippen molar-refractivity contribution in [3.63, 3.8) is 0 Å². The second-order valence-corrected chi connectivity index (χ2v) is 27.5. The van der Waals surface area contributed by atoms with Crippen molar-refractivity contribution in [1.82, 2.24) is 0 Å². The van der Waals surface area contributed by atoms with Crippen molar-refractivity contribution in [3.05, 3.63) is 260 Å². The maximum absolute atomic E-state index is 11.7. The molecule has 4 aromatic heterocycles. The Morgan fingerprint density at radius 1 is 0.290 bits per heavy atom. The van der Waals surface area contributed by atoms with E-state index in [-0.39, 0.29) is 34.4 Å². The van der Waals surface area contributed by atoms with Gasteiger partial charge >= 0.3 is 23.9 Å². The predicted octanol–water partition coefficient (Wildman–Crippen LogP) is 20.6. The molecule has 0 bridgehead atoms. The third-order valence-electron chi connectivity index (χ3n) is 15.9. The molecule has 0 aliphatic carbocycles. The van der Waals surface area contributed by atoms with Crippen LogP contribution in [-0.4, -0.2) is 56.4 Å². The number of carbonyl (C=O) groups is 4. The van der Waals surface area contributed by atoms with Crippen LogP contribution in [0.3, 0.4) is 0 Å². The number of nitrogens with zero attached hydrogens (tertiary/aromatic N) is 8. The van der Waals surface area contributed by atoms with Gasteiger partial charge in [-0.1, -0.05) is 48.5 Å². The molecule has 490 valence electrons. The molecule has 0 radical (unpaired) electrons. The van der Waals surface area contributed by atoms with Gasteiger partial charge in [-0.2, -0.15) is 21.0 Å². The zero-order valence-electron chi connectivity index (χ0n) is 53.9. The number of aliphatic carboxylic acids is 4. The number of nitriles is 4. The second-order valence-electron chi connectivity index (χ2n) is 23.0. The summed E-state index contributed by atoms with van der Waals surface area (Å²) >= 11 is 5.48. The molecule has 16 nitrogen and oxygen atoms in total. The molecule has 0 amide bonds. The largest absolute Gasteiger partial charge is 0.477 e. The quantitative estimate of drug-likeness (QED) is 0.0324. The van der Waals surface area contributed by atoms with E-state index in [4.69, 9.17) is 0 Å². The molecule has 11 aromatic rings. The van der Waals surface area contributed by atoms with Gasteiger partial charge in [0, 0.05) is 108 Å². The monoisotopic (exact) mass is 1390 g/mol. The molecule has 0 atom stereocenters. The van der Waals surface area contributed by atoms with Crippen molar-refractivity contribution < 1.29 is 39.6 Å². The summed E-state index contributed by atoms with van der Waals surface area (Å²) in [4.78, 5) is 61.5. The predicted molar refractivity (Wildman–Crippen MR) is 401 cm³/mol. The van der Waals surface area contributed by atoms with Crippen LogP contribution in [-0.2, 0) is 19.2 Å². The highest BCUT2D eigenvalue weighted by Crippen LogP contribution is 2.45. The van der Waals surface area contributed by atoms with E-state index in [9.17, 15) is 60.7 Å². The lowest BCUT2D eigenvalue weighted by Crippen LogP contribution is -2.36. The van der Waals surface area contributed by atoms with Crippen molar-refractivity contribution >= 4 is 150 Å². The number of carboxylic acids is 4. The molecule has 0 spiro atoms. The Kier molecular flexibility index (Phi) is 21.0. The number of benzene rings is 7. The van der Waals surface area contributed by atoms with Gasteiger partial charge in [-0.15, -0.1) is 45.3 Å². The number of hydrogen-bond donors (Lipinski definition) is 4. The van der Waals surface area contributed by atoms with Crippen LogP contribution < -0.4 is 19.6 Å². The summed E-state index contributed by atoms with van der Waals surface area (Å²) in [5, 5.41) is 75.7. The molecular formula is C80H58N8O8S4. The first kappa shape index (κ1) is 68.7. The summed E-state index contributed by atoms with van der Waals surface area (Å²) in [5.41, 5.74) is 10.8. The van der Waals surface area contributed by atoms with E-state index in [1.165, 1.54) is 69.7 Å². The average Bonchev–Trinajstić information content (AvgIpc) is 0.821. The van der Waals surface area contributed by atoms with Crippen LogP contribution >= 0.6 is 45.3 Å². The molecule has 0 aliphatic rings. The fraction of sp³-hybridized carbons (Fsp3) is 0.0750. The summed E-state index contributed by atoms with van der Waals surface area (Å²) in [7, 11) is 0.